The maximum Gasteiger partial charge on any atom is 0.306 e. The van der Waals surface area contributed by atoms with Crippen LogP contribution in [0, 0.1) is 0 Å². The van der Waals surface area contributed by atoms with E-state index in [1.54, 1.807) is 0 Å². The summed E-state index contributed by atoms with van der Waals surface area (Å²) in [6, 6.07) is 0. The molecule has 0 aromatic heterocycles. The monoisotopic (exact) mass is 444 g/mol. The van der Waals surface area contributed by atoms with Crippen molar-refractivity contribution in [2.24, 2.45) is 0 Å². The number of rotatable bonds is 20. The molecule has 184 valence electrons. The Morgan fingerprint density at radius 2 is 0.903 bits per heavy atom. The Labute approximate surface area is 190 Å². The standard InChI is InChI=1S/C19H38O2.C6H10O4/c1-4-5-6-7-8-9-10-11-12-13-14-15-16-17-19(20)21-18(2)3;7-5(8)3-1-2-4-6(9)10/h18H,4-17H2,1-3H3;1-4H2,(H,7,8)(H,9,10). The highest BCUT2D eigenvalue weighted by Crippen LogP contribution is 2.13. The number of carbonyl (C=O) groups is 3. The fourth-order valence-electron chi connectivity index (χ4n) is 3.16. The van der Waals surface area contributed by atoms with Gasteiger partial charge in [0.05, 0.1) is 6.10 Å². The first-order valence-corrected chi connectivity index (χ1v) is 12.4. The molecule has 31 heavy (non-hydrogen) atoms. The van der Waals surface area contributed by atoms with Crippen LogP contribution in [0.1, 0.15) is 136 Å². The van der Waals surface area contributed by atoms with Gasteiger partial charge in [0.15, 0.2) is 0 Å². The van der Waals surface area contributed by atoms with Crippen molar-refractivity contribution in [1.82, 2.24) is 0 Å². The SMILES string of the molecule is CCCCCCCCCCCCCCCC(=O)OC(C)C.O=C(O)CCCCC(=O)O. The van der Waals surface area contributed by atoms with Gasteiger partial charge >= 0.3 is 17.9 Å². The van der Waals surface area contributed by atoms with Gasteiger partial charge in [-0.15, -0.1) is 0 Å². The molecule has 0 heterocycles. The molecule has 0 spiro atoms. The van der Waals surface area contributed by atoms with Crippen LogP contribution in [0.3, 0.4) is 0 Å². The Balaban J connectivity index is 0. The summed E-state index contributed by atoms with van der Waals surface area (Å²) in [6.45, 7) is 6.08. The van der Waals surface area contributed by atoms with Gasteiger partial charge in [0.25, 0.3) is 0 Å². The van der Waals surface area contributed by atoms with E-state index >= 15 is 0 Å². The van der Waals surface area contributed by atoms with Crippen LogP contribution in [0.25, 0.3) is 0 Å². The predicted molar refractivity (Wildman–Crippen MR) is 125 cm³/mol. The lowest BCUT2D eigenvalue weighted by Crippen LogP contribution is -2.10. The van der Waals surface area contributed by atoms with Crippen molar-refractivity contribution in [3.8, 4) is 0 Å². The number of ether oxygens (including phenoxy) is 1. The van der Waals surface area contributed by atoms with Gasteiger partial charge in [0.1, 0.15) is 0 Å². The average Bonchev–Trinajstić information content (AvgIpc) is 2.68. The molecule has 0 radical (unpaired) electrons. The van der Waals surface area contributed by atoms with Gasteiger partial charge in [0, 0.05) is 19.3 Å². The molecule has 0 aliphatic carbocycles. The van der Waals surface area contributed by atoms with Crippen LogP contribution in [-0.2, 0) is 19.1 Å². The molecule has 0 amide bonds. The third-order valence-corrected chi connectivity index (χ3v) is 4.88. The summed E-state index contributed by atoms with van der Waals surface area (Å²) in [5, 5.41) is 16.3. The van der Waals surface area contributed by atoms with Crippen LogP contribution >= 0.6 is 0 Å². The normalized spacial score (nSPS) is 10.5. The average molecular weight is 445 g/mol. The first-order valence-electron chi connectivity index (χ1n) is 12.4. The summed E-state index contributed by atoms with van der Waals surface area (Å²) in [7, 11) is 0. The highest BCUT2D eigenvalue weighted by molar-refractivity contribution is 5.69. The third-order valence-electron chi connectivity index (χ3n) is 4.88. The van der Waals surface area contributed by atoms with Crippen LogP contribution in [0.15, 0.2) is 0 Å². The number of carbonyl (C=O) groups excluding carboxylic acids is 1. The second kappa shape index (κ2) is 24.7. The summed E-state index contributed by atoms with van der Waals surface area (Å²) in [5.74, 6) is -1.77. The zero-order valence-electron chi connectivity index (χ0n) is 20.3. The van der Waals surface area contributed by atoms with E-state index < -0.39 is 11.9 Å². The van der Waals surface area contributed by atoms with Crippen molar-refractivity contribution < 1.29 is 29.3 Å². The van der Waals surface area contributed by atoms with Gasteiger partial charge in [-0.1, -0.05) is 84.0 Å². The van der Waals surface area contributed by atoms with E-state index in [0.717, 1.165) is 6.42 Å². The van der Waals surface area contributed by atoms with Gasteiger partial charge in [-0.2, -0.15) is 0 Å². The maximum atomic E-state index is 11.3. The topological polar surface area (TPSA) is 101 Å². The Kier molecular flexibility index (Phi) is 25.2. The number of carboxylic acid groups (broad SMARTS) is 2. The summed E-state index contributed by atoms with van der Waals surface area (Å²) < 4.78 is 5.12. The fraction of sp³-hybridized carbons (Fsp3) is 0.880. The van der Waals surface area contributed by atoms with Crippen molar-refractivity contribution >= 4 is 17.9 Å². The number of hydrogen-bond donors (Lipinski definition) is 2. The van der Waals surface area contributed by atoms with Crippen molar-refractivity contribution in [1.29, 1.82) is 0 Å². The van der Waals surface area contributed by atoms with Gasteiger partial charge in [-0.3, -0.25) is 14.4 Å². The molecule has 0 bridgehead atoms. The molecule has 0 aromatic rings. The predicted octanol–water partition coefficient (Wildman–Crippen LogP) is 7.14. The van der Waals surface area contributed by atoms with E-state index in [9.17, 15) is 14.4 Å². The van der Waals surface area contributed by atoms with Crippen LogP contribution < -0.4 is 0 Å². The van der Waals surface area contributed by atoms with Crippen LogP contribution in [0.2, 0.25) is 0 Å². The molecule has 2 N–H and O–H groups in total. The van der Waals surface area contributed by atoms with Crippen LogP contribution in [-0.4, -0.2) is 34.2 Å². The van der Waals surface area contributed by atoms with E-state index in [1.807, 2.05) is 13.8 Å². The highest BCUT2D eigenvalue weighted by Gasteiger charge is 2.04. The number of aliphatic carboxylic acids is 2. The van der Waals surface area contributed by atoms with Crippen molar-refractivity contribution in [2.75, 3.05) is 0 Å². The van der Waals surface area contributed by atoms with E-state index in [-0.39, 0.29) is 24.9 Å². The molecule has 0 aliphatic heterocycles. The molecule has 0 unspecified atom stereocenters. The van der Waals surface area contributed by atoms with Crippen molar-refractivity contribution in [2.45, 2.75) is 142 Å². The number of unbranched alkanes of at least 4 members (excludes halogenated alkanes) is 13. The summed E-state index contributed by atoms with van der Waals surface area (Å²) in [6.07, 6.45) is 19.0. The summed E-state index contributed by atoms with van der Waals surface area (Å²) >= 11 is 0. The molecule has 0 rings (SSSR count). The Bertz CT molecular complexity index is 418. The molecule has 0 aromatic carbocycles. The van der Waals surface area contributed by atoms with E-state index in [4.69, 9.17) is 14.9 Å². The minimum atomic E-state index is -0.870. The zero-order valence-corrected chi connectivity index (χ0v) is 20.3. The van der Waals surface area contributed by atoms with E-state index in [0.29, 0.717) is 19.3 Å². The molecule has 6 nitrogen and oxygen atoms in total. The third kappa shape index (κ3) is 33.3. The lowest BCUT2D eigenvalue weighted by atomic mass is 10.0. The Hall–Kier alpha value is -1.59. The number of esters is 1. The quantitative estimate of drug-likeness (QED) is 0.153. The van der Waals surface area contributed by atoms with E-state index in [2.05, 4.69) is 6.92 Å². The number of hydrogen-bond acceptors (Lipinski definition) is 4. The molecule has 0 atom stereocenters. The van der Waals surface area contributed by atoms with Gasteiger partial charge in [-0.25, -0.2) is 0 Å². The second-order valence-corrected chi connectivity index (χ2v) is 8.53. The lowest BCUT2D eigenvalue weighted by molar-refractivity contribution is -0.147. The van der Waals surface area contributed by atoms with Crippen molar-refractivity contribution in [3.05, 3.63) is 0 Å². The molecule has 6 heteroatoms. The molecule has 0 aliphatic rings. The highest BCUT2D eigenvalue weighted by atomic mass is 16.5. The van der Waals surface area contributed by atoms with Gasteiger partial charge in [0.2, 0.25) is 0 Å². The summed E-state index contributed by atoms with van der Waals surface area (Å²) in [5.41, 5.74) is 0. The molecule has 0 saturated carbocycles. The lowest BCUT2D eigenvalue weighted by Gasteiger charge is -2.07. The van der Waals surface area contributed by atoms with Crippen LogP contribution in [0.4, 0.5) is 0 Å². The maximum absolute atomic E-state index is 11.3. The second-order valence-electron chi connectivity index (χ2n) is 8.53. The number of carboxylic acids is 2. The van der Waals surface area contributed by atoms with E-state index in [1.165, 1.54) is 77.0 Å². The zero-order chi connectivity index (χ0) is 23.7. The fourth-order valence-corrected chi connectivity index (χ4v) is 3.16. The first kappa shape index (κ1) is 31.6. The smallest absolute Gasteiger partial charge is 0.306 e. The van der Waals surface area contributed by atoms with Crippen molar-refractivity contribution in [3.63, 3.8) is 0 Å². The molecule has 0 saturated heterocycles. The molecular formula is C25H48O6. The summed E-state index contributed by atoms with van der Waals surface area (Å²) in [4.78, 5) is 31.1. The minimum Gasteiger partial charge on any atom is -0.481 e. The largest absolute Gasteiger partial charge is 0.481 e. The molecule has 0 fully saturated rings. The molecular weight excluding hydrogens is 396 g/mol. The van der Waals surface area contributed by atoms with Gasteiger partial charge in [-0.05, 0) is 33.1 Å². The minimum absolute atomic E-state index is 0.0273. The first-order chi connectivity index (χ1) is 14.8. The van der Waals surface area contributed by atoms with Crippen LogP contribution in [0.5, 0.6) is 0 Å². The Morgan fingerprint density at radius 1 is 0.581 bits per heavy atom. The Morgan fingerprint density at radius 3 is 1.23 bits per heavy atom. The van der Waals surface area contributed by atoms with Gasteiger partial charge < -0.3 is 14.9 Å².